The van der Waals surface area contributed by atoms with E-state index in [9.17, 15) is 4.79 Å². The Morgan fingerprint density at radius 2 is 1.78 bits per heavy atom. The van der Waals surface area contributed by atoms with Crippen molar-refractivity contribution in [2.75, 3.05) is 7.05 Å². The summed E-state index contributed by atoms with van der Waals surface area (Å²) in [5.74, 6) is 0.0885. The number of ketones is 1. The number of carbonyl (C=O) groups is 1. The number of benzene rings is 1. The maximum Gasteiger partial charge on any atom is 0.565 e. The molecule has 0 saturated heterocycles. The van der Waals surface area contributed by atoms with Crippen LogP contribution in [0, 0.1) is 6.67 Å². The normalized spacial score (nSPS) is 14.2. The summed E-state index contributed by atoms with van der Waals surface area (Å²) in [6.07, 6.45) is 3.74. The number of nitrogens with zero attached hydrogens (tertiary/aromatic N) is 2. The average molecular weight is 308 g/mol. The maximum absolute atomic E-state index is 12.4. The summed E-state index contributed by atoms with van der Waals surface area (Å²) in [6.45, 7) is 6.88. The van der Waals surface area contributed by atoms with Crippen LogP contribution in [0.3, 0.4) is 0 Å². The van der Waals surface area contributed by atoms with E-state index in [1.807, 2.05) is 68.5 Å². The van der Waals surface area contributed by atoms with Crippen molar-refractivity contribution in [1.82, 2.24) is 9.80 Å². The third kappa shape index (κ3) is 2.70. The molecule has 2 rings (SSSR count). The Morgan fingerprint density at radius 1 is 1.17 bits per heavy atom. The third-order valence-electron chi connectivity index (χ3n) is 2.90. The van der Waals surface area contributed by atoms with Gasteiger partial charge in [0.1, 0.15) is 5.54 Å². The SMILES string of the molecule is CN1[C+]N(C(C)(C)C(=O)c2ccccc2)C=C1.[Br-]. The highest BCUT2D eigenvalue weighted by atomic mass is 79.9. The van der Waals surface area contributed by atoms with Crippen LogP contribution in [-0.4, -0.2) is 28.2 Å². The summed E-state index contributed by atoms with van der Waals surface area (Å²) in [5, 5.41) is 0. The molecule has 0 saturated carbocycles. The second kappa shape index (κ2) is 5.48. The fourth-order valence-electron chi connectivity index (χ4n) is 1.77. The number of rotatable bonds is 3. The molecule has 1 aromatic rings. The summed E-state index contributed by atoms with van der Waals surface area (Å²) in [7, 11) is 1.89. The zero-order chi connectivity index (χ0) is 12.5. The first-order valence-corrected chi connectivity index (χ1v) is 5.58. The van der Waals surface area contributed by atoms with Gasteiger partial charge in [-0.25, -0.2) is 0 Å². The molecule has 3 nitrogen and oxygen atoms in total. The van der Waals surface area contributed by atoms with Gasteiger partial charge in [0.2, 0.25) is 0 Å². The van der Waals surface area contributed by atoms with Crippen molar-refractivity contribution in [1.29, 1.82) is 0 Å². The Kier molecular flexibility index (Phi) is 4.46. The molecule has 4 heteroatoms. The molecule has 0 atom stereocenters. The van der Waals surface area contributed by atoms with Crippen molar-refractivity contribution in [2.24, 2.45) is 0 Å². The lowest BCUT2D eigenvalue weighted by molar-refractivity contribution is -0.0000110. The third-order valence-corrected chi connectivity index (χ3v) is 2.90. The van der Waals surface area contributed by atoms with Crippen molar-refractivity contribution < 1.29 is 21.8 Å². The van der Waals surface area contributed by atoms with Gasteiger partial charge < -0.3 is 17.0 Å². The van der Waals surface area contributed by atoms with E-state index < -0.39 is 5.54 Å². The first-order chi connectivity index (χ1) is 8.01. The smallest absolute Gasteiger partial charge is 0.565 e. The molecule has 95 valence electrons. The lowest BCUT2D eigenvalue weighted by Gasteiger charge is -2.24. The molecule has 1 aromatic carbocycles. The van der Waals surface area contributed by atoms with Crippen LogP contribution in [-0.2, 0) is 0 Å². The molecule has 0 N–H and O–H groups in total. The van der Waals surface area contributed by atoms with E-state index in [4.69, 9.17) is 0 Å². The Hall–Kier alpha value is -1.42. The summed E-state index contributed by atoms with van der Waals surface area (Å²) < 4.78 is 0. The van der Waals surface area contributed by atoms with Crippen LogP contribution in [0.5, 0.6) is 0 Å². The van der Waals surface area contributed by atoms with E-state index in [2.05, 4.69) is 6.67 Å². The van der Waals surface area contributed by atoms with Crippen LogP contribution in [0.1, 0.15) is 24.2 Å². The van der Waals surface area contributed by atoms with Gasteiger partial charge in [0.05, 0.1) is 19.4 Å². The second-order valence-electron chi connectivity index (χ2n) is 4.63. The molecular formula is C14H16BrN2O. The van der Waals surface area contributed by atoms with E-state index in [1.165, 1.54) is 0 Å². The van der Waals surface area contributed by atoms with Gasteiger partial charge in [0.25, 0.3) is 0 Å². The van der Waals surface area contributed by atoms with Crippen molar-refractivity contribution in [3.8, 4) is 0 Å². The van der Waals surface area contributed by atoms with Crippen molar-refractivity contribution in [2.45, 2.75) is 19.4 Å². The van der Waals surface area contributed by atoms with E-state index in [0.717, 1.165) is 5.56 Å². The molecule has 0 bridgehead atoms. The van der Waals surface area contributed by atoms with Gasteiger partial charge in [0.15, 0.2) is 5.78 Å². The van der Waals surface area contributed by atoms with Gasteiger partial charge in [-0.3, -0.25) is 4.79 Å². The van der Waals surface area contributed by atoms with Crippen LogP contribution in [0.2, 0.25) is 0 Å². The van der Waals surface area contributed by atoms with Gasteiger partial charge in [0, 0.05) is 5.56 Å². The highest BCUT2D eigenvalue weighted by molar-refractivity contribution is 6.02. The molecule has 0 unspecified atom stereocenters. The number of Topliss-reactive ketones (excluding diaryl/α,β-unsaturated/α-hetero) is 1. The molecule has 18 heavy (non-hydrogen) atoms. The quantitative estimate of drug-likeness (QED) is 0.549. The van der Waals surface area contributed by atoms with Gasteiger partial charge in [-0.1, -0.05) is 30.3 Å². The van der Waals surface area contributed by atoms with Crippen molar-refractivity contribution in [3.63, 3.8) is 0 Å². The molecule has 0 aliphatic carbocycles. The zero-order valence-electron chi connectivity index (χ0n) is 10.7. The Morgan fingerprint density at radius 3 is 2.28 bits per heavy atom. The zero-order valence-corrected chi connectivity index (χ0v) is 12.3. The molecular weight excluding hydrogens is 292 g/mol. The van der Waals surface area contributed by atoms with Gasteiger partial charge in [-0.2, -0.15) is 0 Å². The molecule has 1 aliphatic heterocycles. The second-order valence-corrected chi connectivity index (χ2v) is 4.63. The largest absolute Gasteiger partial charge is 1.00 e. The van der Waals surface area contributed by atoms with E-state index in [1.54, 1.807) is 4.90 Å². The fraction of sp³-hybridized carbons (Fsp3) is 0.286. The Labute approximate surface area is 119 Å². The minimum absolute atomic E-state index is 0. The van der Waals surface area contributed by atoms with Crippen LogP contribution >= 0.6 is 0 Å². The molecule has 1 heterocycles. The van der Waals surface area contributed by atoms with E-state index >= 15 is 0 Å². The lowest BCUT2D eigenvalue weighted by atomic mass is 9.92. The molecule has 1 radical (unpaired) electrons. The Balaban J connectivity index is 0.00000162. The summed E-state index contributed by atoms with van der Waals surface area (Å²) in [4.78, 5) is 16.0. The number of carbonyl (C=O) groups excluding carboxylic acids is 1. The van der Waals surface area contributed by atoms with Crippen LogP contribution in [0.15, 0.2) is 42.7 Å². The average Bonchev–Trinajstić information content (AvgIpc) is 2.77. The van der Waals surface area contributed by atoms with Gasteiger partial charge >= 0.3 is 6.67 Å². The summed E-state index contributed by atoms with van der Waals surface area (Å²) in [6, 6.07) is 9.35. The van der Waals surface area contributed by atoms with E-state index in [0.29, 0.717) is 0 Å². The molecule has 0 spiro atoms. The molecule has 0 fully saturated rings. The number of hydrogen-bond donors (Lipinski definition) is 0. The molecule has 0 amide bonds. The monoisotopic (exact) mass is 307 g/mol. The minimum Gasteiger partial charge on any atom is -1.00 e. The van der Waals surface area contributed by atoms with Gasteiger partial charge in [-0.15, -0.1) is 9.80 Å². The van der Waals surface area contributed by atoms with Crippen LogP contribution in [0.25, 0.3) is 0 Å². The predicted molar refractivity (Wildman–Crippen MR) is 66.8 cm³/mol. The summed E-state index contributed by atoms with van der Waals surface area (Å²) >= 11 is 0. The molecule has 1 aliphatic rings. The number of halogens is 1. The highest BCUT2D eigenvalue weighted by Crippen LogP contribution is 2.25. The topological polar surface area (TPSA) is 23.6 Å². The van der Waals surface area contributed by atoms with E-state index in [-0.39, 0.29) is 22.8 Å². The maximum atomic E-state index is 12.4. The first-order valence-electron chi connectivity index (χ1n) is 5.58. The Bertz CT molecular complexity index is 442. The standard InChI is InChI=1S/C14H16N2O.BrH/c1-14(2,16-10-9-15(3)11-16)13(17)12-7-5-4-6-8-12;/h4-10H,1-3H3;1H/q+1;/p-1. The lowest BCUT2D eigenvalue weighted by Crippen LogP contribution is -3.00. The fourth-order valence-corrected chi connectivity index (χ4v) is 1.77. The van der Waals surface area contributed by atoms with Crippen LogP contribution < -0.4 is 17.0 Å². The minimum atomic E-state index is -0.622. The highest BCUT2D eigenvalue weighted by Gasteiger charge is 2.45. The van der Waals surface area contributed by atoms with Gasteiger partial charge in [-0.05, 0) is 13.8 Å². The van der Waals surface area contributed by atoms with Crippen molar-refractivity contribution in [3.05, 3.63) is 55.0 Å². The molecule has 0 aromatic heterocycles. The van der Waals surface area contributed by atoms with Crippen molar-refractivity contribution >= 4 is 5.78 Å². The predicted octanol–water partition coefficient (Wildman–Crippen LogP) is -0.633. The van der Waals surface area contributed by atoms with Crippen LogP contribution in [0.4, 0.5) is 0 Å². The summed E-state index contributed by atoms with van der Waals surface area (Å²) in [5.41, 5.74) is 0.102. The first kappa shape index (κ1) is 14.6. The number of hydrogen-bond acceptors (Lipinski definition) is 3.